The SMILES string of the molecule is COCC(=O)N(CC(=O)N1CCc2sccc2[C@@H]1COc1ccccc1F)C[C@H]1CCCO1. The fourth-order valence-corrected chi connectivity index (χ4v) is 5.29. The molecular weight excluding hydrogens is 447 g/mol. The number of carbonyl (C=O) groups excluding carboxylic acids is 2. The number of hydrogen-bond donors (Lipinski definition) is 0. The fourth-order valence-electron chi connectivity index (χ4n) is 4.36. The lowest BCUT2D eigenvalue weighted by Crippen LogP contribution is -2.49. The van der Waals surface area contributed by atoms with Crippen LogP contribution >= 0.6 is 11.3 Å². The number of amides is 2. The highest BCUT2D eigenvalue weighted by Crippen LogP contribution is 2.34. The number of fused-ring (bicyclic) bond motifs is 1. The van der Waals surface area contributed by atoms with Crippen LogP contribution in [0.5, 0.6) is 5.75 Å². The van der Waals surface area contributed by atoms with Gasteiger partial charge in [0, 0.05) is 31.7 Å². The van der Waals surface area contributed by atoms with E-state index in [-0.39, 0.29) is 49.5 Å². The van der Waals surface area contributed by atoms with Gasteiger partial charge in [0.05, 0.1) is 18.7 Å². The predicted octanol–water partition coefficient (Wildman–Crippen LogP) is 3.05. The molecule has 0 radical (unpaired) electrons. The highest BCUT2D eigenvalue weighted by Gasteiger charge is 2.34. The normalized spacial score (nSPS) is 19.9. The number of halogens is 1. The number of ether oxygens (including phenoxy) is 3. The number of nitrogens with zero attached hydrogens (tertiary/aromatic N) is 2. The maximum atomic E-state index is 14.1. The van der Waals surface area contributed by atoms with Crippen molar-refractivity contribution in [3.63, 3.8) is 0 Å². The highest BCUT2D eigenvalue weighted by molar-refractivity contribution is 7.10. The van der Waals surface area contributed by atoms with E-state index >= 15 is 0 Å². The third-order valence-electron chi connectivity index (χ3n) is 6.04. The summed E-state index contributed by atoms with van der Waals surface area (Å²) in [5.41, 5.74) is 1.02. The van der Waals surface area contributed by atoms with E-state index < -0.39 is 5.82 Å². The largest absolute Gasteiger partial charge is 0.488 e. The first kappa shape index (κ1) is 23.7. The topological polar surface area (TPSA) is 68.3 Å². The van der Waals surface area contributed by atoms with E-state index in [0.717, 1.165) is 24.8 Å². The van der Waals surface area contributed by atoms with Gasteiger partial charge in [0.25, 0.3) is 0 Å². The summed E-state index contributed by atoms with van der Waals surface area (Å²) in [4.78, 5) is 30.6. The molecule has 2 aromatic rings. The molecule has 0 saturated carbocycles. The van der Waals surface area contributed by atoms with E-state index in [1.807, 2.05) is 11.4 Å². The first-order chi connectivity index (χ1) is 16.1. The average Bonchev–Trinajstić information content (AvgIpc) is 3.50. The smallest absolute Gasteiger partial charge is 0.249 e. The third kappa shape index (κ3) is 5.72. The zero-order chi connectivity index (χ0) is 23.2. The lowest BCUT2D eigenvalue weighted by atomic mass is 10.0. The fraction of sp³-hybridized carbons (Fsp3) is 0.500. The van der Waals surface area contributed by atoms with Crippen LogP contribution in [0.2, 0.25) is 0 Å². The molecule has 0 aliphatic carbocycles. The quantitative estimate of drug-likeness (QED) is 0.557. The standard InChI is InChI=1S/C24H29FN2O5S/c1-30-16-24(29)26(13-17-5-4-11-31-17)14-23(28)27-10-8-22-18(9-12-33-22)20(27)15-32-21-7-3-2-6-19(21)25/h2-3,6-7,9,12,17,20H,4-5,8,10-11,13-16H2,1H3/t17-,20+/m1/s1. The van der Waals surface area contributed by atoms with Gasteiger partial charge in [-0.15, -0.1) is 11.3 Å². The van der Waals surface area contributed by atoms with Gasteiger partial charge in [0.1, 0.15) is 13.2 Å². The minimum atomic E-state index is -0.440. The number of carbonyl (C=O) groups is 2. The van der Waals surface area contributed by atoms with Crippen LogP contribution in [0.25, 0.3) is 0 Å². The molecular formula is C24H29FN2O5S. The summed E-state index contributed by atoms with van der Waals surface area (Å²) in [5, 5.41) is 2.00. The maximum absolute atomic E-state index is 14.1. The summed E-state index contributed by atoms with van der Waals surface area (Å²) in [6, 6.07) is 7.88. The summed E-state index contributed by atoms with van der Waals surface area (Å²) in [7, 11) is 1.46. The van der Waals surface area contributed by atoms with Gasteiger partial charge in [-0.1, -0.05) is 12.1 Å². The molecule has 2 aliphatic rings. The van der Waals surface area contributed by atoms with Crippen LogP contribution in [-0.2, 0) is 25.5 Å². The van der Waals surface area contributed by atoms with Crippen LogP contribution in [-0.4, -0.2) is 74.3 Å². The van der Waals surface area contributed by atoms with Gasteiger partial charge in [-0.05, 0) is 48.4 Å². The van der Waals surface area contributed by atoms with Gasteiger partial charge in [-0.3, -0.25) is 9.59 Å². The molecule has 1 aromatic heterocycles. The van der Waals surface area contributed by atoms with Gasteiger partial charge in [0.15, 0.2) is 11.6 Å². The molecule has 0 unspecified atom stereocenters. The van der Waals surface area contributed by atoms with E-state index in [1.54, 1.807) is 34.4 Å². The Morgan fingerprint density at radius 2 is 2.15 bits per heavy atom. The summed E-state index contributed by atoms with van der Waals surface area (Å²) < 4.78 is 30.6. The lowest BCUT2D eigenvalue weighted by molar-refractivity contribution is -0.145. The minimum Gasteiger partial charge on any atom is -0.488 e. The van der Waals surface area contributed by atoms with Gasteiger partial charge in [-0.25, -0.2) is 4.39 Å². The number of rotatable bonds is 9. The van der Waals surface area contributed by atoms with Crippen molar-refractivity contribution >= 4 is 23.2 Å². The van der Waals surface area contributed by atoms with Crippen LogP contribution < -0.4 is 4.74 Å². The Hall–Kier alpha value is -2.49. The molecule has 4 rings (SSSR count). The van der Waals surface area contributed by atoms with E-state index in [4.69, 9.17) is 14.2 Å². The van der Waals surface area contributed by atoms with Crippen molar-refractivity contribution in [1.82, 2.24) is 9.80 Å². The van der Waals surface area contributed by atoms with Gasteiger partial charge in [0.2, 0.25) is 11.8 Å². The van der Waals surface area contributed by atoms with Crippen molar-refractivity contribution in [3.05, 3.63) is 52.0 Å². The minimum absolute atomic E-state index is 0.0578. The Morgan fingerprint density at radius 3 is 2.91 bits per heavy atom. The van der Waals surface area contributed by atoms with Crippen LogP contribution in [0.15, 0.2) is 35.7 Å². The van der Waals surface area contributed by atoms with E-state index in [2.05, 4.69) is 0 Å². The molecule has 9 heteroatoms. The lowest BCUT2D eigenvalue weighted by Gasteiger charge is -2.37. The number of thiophene rings is 1. The molecule has 1 saturated heterocycles. The molecule has 178 valence electrons. The Kier molecular flexibility index (Phi) is 7.95. The van der Waals surface area contributed by atoms with Crippen LogP contribution in [0.4, 0.5) is 4.39 Å². The van der Waals surface area contributed by atoms with Gasteiger partial charge in [-0.2, -0.15) is 0 Å². The van der Waals surface area contributed by atoms with Gasteiger partial charge >= 0.3 is 0 Å². The van der Waals surface area contributed by atoms with E-state index in [9.17, 15) is 14.0 Å². The molecule has 2 atom stereocenters. The Labute approximate surface area is 197 Å². The van der Waals surface area contributed by atoms with E-state index in [0.29, 0.717) is 19.7 Å². The molecule has 0 bridgehead atoms. The van der Waals surface area contributed by atoms with Crippen LogP contribution in [0.1, 0.15) is 29.3 Å². The first-order valence-corrected chi connectivity index (χ1v) is 12.1. The Balaban J connectivity index is 1.49. The molecule has 3 heterocycles. The number of methoxy groups -OCH3 is 1. The second-order valence-electron chi connectivity index (χ2n) is 8.24. The molecule has 7 nitrogen and oxygen atoms in total. The van der Waals surface area contributed by atoms with Crippen molar-refractivity contribution in [2.75, 3.05) is 46.6 Å². The van der Waals surface area contributed by atoms with Crippen LogP contribution in [0, 0.1) is 5.82 Å². The summed E-state index contributed by atoms with van der Waals surface area (Å²) >= 11 is 1.65. The van der Waals surface area contributed by atoms with Crippen LogP contribution in [0.3, 0.4) is 0 Å². The first-order valence-electron chi connectivity index (χ1n) is 11.2. The van der Waals surface area contributed by atoms with Crippen molar-refractivity contribution in [3.8, 4) is 5.75 Å². The molecule has 2 amide bonds. The summed E-state index contributed by atoms with van der Waals surface area (Å²) in [6.45, 7) is 1.54. The number of hydrogen-bond acceptors (Lipinski definition) is 6. The Bertz CT molecular complexity index is 962. The van der Waals surface area contributed by atoms with Gasteiger partial charge < -0.3 is 24.0 Å². The third-order valence-corrected chi connectivity index (χ3v) is 7.04. The number of benzene rings is 1. The molecule has 2 aliphatic heterocycles. The second-order valence-corrected chi connectivity index (χ2v) is 9.24. The zero-order valence-electron chi connectivity index (χ0n) is 18.7. The zero-order valence-corrected chi connectivity index (χ0v) is 19.5. The summed E-state index contributed by atoms with van der Waals surface area (Å²) in [5.74, 6) is -0.697. The maximum Gasteiger partial charge on any atom is 0.249 e. The molecule has 1 aromatic carbocycles. The summed E-state index contributed by atoms with van der Waals surface area (Å²) in [6.07, 6.45) is 2.50. The second kappa shape index (κ2) is 11.1. The molecule has 1 fully saturated rings. The Morgan fingerprint density at radius 1 is 1.30 bits per heavy atom. The van der Waals surface area contributed by atoms with Crippen molar-refractivity contribution in [2.24, 2.45) is 0 Å². The monoisotopic (exact) mass is 476 g/mol. The van der Waals surface area contributed by atoms with Crippen molar-refractivity contribution < 1.29 is 28.2 Å². The van der Waals surface area contributed by atoms with Crippen molar-refractivity contribution in [1.29, 1.82) is 0 Å². The van der Waals surface area contributed by atoms with Crippen molar-refractivity contribution in [2.45, 2.75) is 31.4 Å². The average molecular weight is 477 g/mol. The highest BCUT2D eigenvalue weighted by atomic mass is 32.1. The molecule has 0 spiro atoms. The molecule has 0 N–H and O–H groups in total. The van der Waals surface area contributed by atoms with E-state index in [1.165, 1.54) is 23.0 Å². The molecule has 33 heavy (non-hydrogen) atoms. The number of para-hydroxylation sites is 1. The predicted molar refractivity (Wildman–Crippen MR) is 122 cm³/mol.